The van der Waals surface area contributed by atoms with Gasteiger partial charge in [0.2, 0.25) is 0 Å². The van der Waals surface area contributed by atoms with Gasteiger partial charge in [-0.3, -0.25) is 0 Å². The lowest BCUT2D eigenvalue weighted by molar-refractivity contribution is 0.415. The van der Waals surface area contributed by atoms with E-state index in [9.17, 15) is 0 Å². The Morgan fingerprint density at radius 3 is 2.17 bits per heavy atom. The monoisotopic (exact) mass is 241 g/mol. The summed E-state index contributed by atoms with van der Waals surface area (Å²) >= 11 is 0. The summed E-state index contributed by atoms with van der Waals surface area (Å²) < 4.78 is 5.29. The molecular formula is C16H19NO. The van der Waals surface area contributed by atoms with Crippen molar-refractivity contribution in [3.63, 3.8) is 0 Å². The quantitative estimate of drug-likeness (QED) is 0.793. The predicted octanol–water partition coefficient (Wildman–Crippen LogP) is 4.24. The van der Waals surface area contributed by atoms with Gasteiger partial charge in [0.05, 0.1) is 7.11 Å². The number of para-hydroxylation sites is 1. The summed E-state index contributed by atoms with van der Waals surface area (Å²) in [6.07, 6.45) is 0. The van der Waals surface area contributed by atoms with Gasteiger partial charge in [0, 0.05) is 23.5 Å². The van der Waals surface area contributed by atoms with E-state index < -0.39 is 0 Å². The van der Waals surface area contributed by atoms with E-state index in [4.69, 9.17) is 4.74 Å². The molecule has 0 aliphatic carbocycles. The van der Waals surface area contributed by atoms with Crippen molar-refractivity contribution in [1.29, 1.82) is 0 Å². The van der Waals surface area contributed by atoms with Crippen molar-refractivity contribution in [2.75, 3.05) is 12.0 Å². The van der Waals surface area contributed by atoms with Crippen molar-refractivity contribution in [3.8, 4) is 5.75 Å². The van der Waals surface area contributed by atoms with E-state index in [-0.39, 0.29) is 0 Å². The van der Waals surface area contributed by atoms with E-state index in [1.807, 2.05) is 18.2 Å². The summed E-state index contributed by atoms with van der Waals surface area (Å²) in [5.41, 5.74) is 2.34. The second kappa shape index (κ2) is 5.58. The van der Waals surface area contributed by atoms with Gasteiger partial charge in [-0.25, -0.2) is 0 Å². The highest BCUT2D eigenvalue weighted by Crippen LogP contribution is 2.29. The number of hydrogen-bond acceptors (Lipinski definition) is 2. The minimum atomic E-state index is 0.388. The third-order valence-corrected chi connectivity index (χ3v) is 2.88. The van der Waals surface area contributed by atoms with Gasteiger partial charge in [0.15, 0.2) is 0 Å². The molecule has 0 aromatic heterocycles. The molecule has 2 nitrogen and oxygen atoms in total. The largest absolute Gasteiger partial charge is 0.497 e. The van der Waals surface area contributed by atoms with Crippen LogP contribution in [0.1, 0.15) is 13.8 Å². The van der Waals surface area contributed by atoms with Crippen LogP contribution in [-0.2, 0) is 0 Å². The number of benzene rings is 2. The zero-order valence-electron chi connectivity index (χ0n) is 11.1. The molecule has 2 rings (SSSR count). The molecule has 0 aliphatic rings. The Kier molecular flexibility index (Phi) is 3.88. The third-order valence-electron chi connectivity index (χ3n) is 2.88. The van der Waals surface area contributed by atoms with Crippen molar-refractivity contribution in [3.05, 3.63) is 54.6 Å². The first kappa shape index (κ1) is 12.5. The molecule has 2 aromatic carbocycles. The highest BCUT2D eigenvalue weighted by atomic mass is 16.5. The summed E-state index contributed by atoms with van der Waals surface area (Å²) in [4.78, 5) is 2.29. The van der Waals surface area contributed by atoms with E-state index in [2.05, 4.69) is 55.1 Å². The number of rotatable bonds is 4. The van der Waals surface area contributed by atoms with Gasteiger partial charge in [-0.15, -0.1) is 0 Å². The molecule has 0 aliphatic heterocycles. The summed E-state index contributed by atoms with van der Waals surface area (Å²) in [5, 5.41) is 0. The molecule has 0 saturated carbocycles. The zero-order valence-corrected chi connectivity index (χ0v) is 11.1. The van der Waals surface area contributed by atoms with Crippen LogP contribution in [-0.4, -0.2) is 13.2 Å². The van der Waals surface area contributed by atoms with Gasteiger partial charge >= 0.3 is 0 Å². The van der Waals surface area contributed by atoms with E-state index in [0.717, 1.165) is 11.4 Å². The molecule has 0 N–H and O–H groups in total. The summed E-state index contributed by atoms with van der Waals surface area (Å²) in [6.45, 7) is 4.37. The molecule has 2 aromatic rings. The Morgan fingerprint density at radius 1 is 0.889 bits per heavy atom. The fraction of sp³-hybridized carbons (Fsp3) is 0.250. The fourth-order valence-corrected chi connectivity index (χ4v) is 2.09. The van der Waals surface area contributed by atoms with Gasteiger partial charge in [0.1, 0.15) is 5.75 Å². The number of anilines is 2. The smallest absolute Gasteiger partial charge is 0.120 e. The first-order valence-electron chi connectivity index (χ1n) is 6.20. The molecule has 0 unspecified atom stereocenters. The number of ether oxygens (including phenoxy) is 1. The molecule has 0 heterocycles. The topological polar surface area (TPSA) is 12.5 Å². The first-order chi connectivity index (χ1) is 8.72. The van der Waals surface area contributed by atoms with Crippen molar-refractivity contribution in [1.82, 2.24) is 0 Å². The number of hydrogen-bond donors (Lipinski definition) is 0. The maximum absolute atomic E-state index is 5.29. The normalized spacial score (nSPS) is 10.4. The average Bonchev–Trinajstić information content (AvgIpc) is 2.40. The maximum atomic E-state index is 5.29. The van der Waals surface area contributed by atoms with Gasteiger partial charge in [-0.1, -0.05) is 24.3 Å². The highest BCUT2D eigenvalue weighted by molar-refractivity contribution is 5.65. The lowest BCUT2D eigenvalue weighted by atomic mass is 10.2. The second-order valence-corrected chi connectivity index (χ2v) is 4.50. The Morgan fingerprint density at radius 2 is 1.56 bits per heavy atom. The van der Waals surface area contributed by atoms with Crippen molar-refractivity contribution in [2.45, 2.75) is 19.9 Å². The van der Waals surface area contributed by atoms with Crippen LogP contribution in [0.4, 0.5) is 11.4 Å². The summed E-state index contributed by atoms with van der Waals surface area (Å²) in [6, 6.07) is 18.9. The number of nitrogens with zero attached hydrogens (tertiary/aromatic N) is 1. The lowest BCUT2D eigenvalue weighted by Crippen LogP contribution is -2.25. The number of methoxy groups -OCH3 is 1. The fourth-order valence-electron chi connectivity index (χ4n) is 2.09. The minimum Gasteiger partial charge on any atom is -0.497 e. The van der Waals surface area contributed by atoms with Crippen LogP contribution in [0.25, 0.3) is 0 Å². The second-order valence-electron chi connectivity index (χ2n) is 4.50. The van der Waals surface area contributed by atoms with Gasteiger partial charge in [0.25, 0.3) is 0 Å². The van der Waals surface area contributed by atoms with Crippen LogP contribution < -0.4 is 9.64 Å². The molecule has 0 radical (unpaired) electrons. The molecule has 0 bridgehead atoms. The Labute approximate surface area is 109 Å². The minimum absolute atomic E-state index is 0.388. The SMILES string of the molecule is COc1cccc(N(c2ccccc2)C(C)C)c1. The molecule has 0 spiro atoms. The highest BCUT2D eigenvalue weighted by Gasteiger charge is 2.13. The van der Waals surface area contributed by atoms with Crippen LogP contribution in [0.2, 0.25) is 0 Å². The third kappa shape index (κ3) is 2.65. The van der Waals surface area contributed by atoms with Crippen LogP contribution in [0.15, 0.2) is 54.6 Å². The van der Waals surface area contributed by atoms with Gasteiger partial charge in [-0.2, -0.15) is 0 Å². The standard InChI is InChI=1S/C16H19NO/c1-13(2)17(14-8-5-4-6-9-14)15-10-7-11-16(12-15)18-3/h4-13H,1-3H3. The summed E-state index contributed by atoms with van der Waals surface area (Å²) in [5.74, 6) is 0.883. The van der Waals surface area contributed by atoms with E-state index in [0.29, 0.717) is 6.04 Å². The maximum Gasteiger partial charge on any atom is 0.120 e. The Hall–Kier alpha value is -1.96. The summed E-state index contributed by atoms with van der Waals surface area (Å²) in [7, 11) is 1.70. The molecule has 0 atom stereocenters. The van der Waals surface area contributed by atoms with Crippen LogP contribution in [0.3, 0.4) is 0 Å². The van der Waals surface area contributed by atoms with Crippen LogP contribution in [0, 0.1) is 0 Å². The van der Waals surface area contributed by atoms with Gasteiger partial charge < -0.3 is 9.64 Å². The Balaban J connectivity index is 2.42. The first-order valence-corrected chi connectivity index (χ1v) is 6.20. The molecule has 0 saturated heterocycles. The van der Waals surface area contributed by atoms with E-state index in [1.165, 1.54) is 5.69 Å². The molecular weight excluding hydrogens is 222 g/mol. The van der Waals surface area contributed by atoms with Crippen molar-refractivity contribution < 1.29 is 4.74 Å². The Bertz CT molecular complexity index is 493. The van der Waals surface area contributed by atoms with Crippen LogP contribution in [0.5, 0.6) is 5.75 Å². The van der Waals surface area contributed by atoms with Crippen molar-refractivity contribution >= 4 is 11.4 Å². The molecule has 18 heavy (non-hydrogen) atoms. The molecule has 0 fully saturated rings. The van der Waals surface area contributed by atoms with Crippen LogP contribution >= 0.6 is 0 Å². The molecule has 0 amide bonds. The zero-order chi connectivity index (χ0) is 13.0. The predicted molar refractivity (Wildman–Crippen MR) is 76.7 cm³/mol. The van der Waals surface area contributed by atoms with E-state index in [1.54, 1.807) is 7.11 Å². The van der Waals surface area contributed by atoms with Crippen molar-refractivity contribution in [2.24, 2.45) is 0 Å². The van der Waals surface area contributed by atoms with E-state index >= 15 is 0 Å². The molecule has 94 valence electrons. The molecule has 2 heteroatoms. The average molecular weight is 241 g/mol. The lowest BCUT2D eigenvalue weighted by Gasteiger charge is -2.29. The van der Waals surface area contributed by atoms with Gasteiger partial charge in [-0.05, 0) is 38.1 Å².